The smallest absolute Gasteiger partial charge is 0.171 e. The van der Waals surface area contributed by atoms with Gasteiger partial charge in [-0.15, -0.1) is 0 Å². The Morgan fingerprint density at radius 1 is 1.35 bits per heavy atom. The molecule has 3 rings (SSSR count). The Kier molecular flexibility index (Phi) is 3.49. The number of pyridine rings is 1. The van der Waals surface area contributed by atoms with Crippen molar-refractivity contribution in [3.63, 3.8) is 0 Å². The lowest BCUT2D eigenvalue weighted by molar-refractivity contribution is 0.0815. The number of nitrogens with zero attached hydrogens (tertiary/aromatic N) is 1. The van der Waals surface area contributed by atoms with Gasteiger partial charge in [0, 0.05) is 23.5 Å². The second-order valence-electron chi connectivity index (χ2n) is 5.37. The first-order valence-electron chi connectivity index (χ1n) is 7.12. The van der Waals surface area contributed by atoms with Crippen LogP contribution in [0.25, 0.3) is 10.9 Å². The minimum Gasteiger partial charge on any atom is -0.486 e. The molecule has 0 bridgehead atoms. The van der Waals surface area contributed by atoms with Crippen molar-refractivity contribution in [2.75, 3.05) is 6.61 Å². The molecule has 0 spiro atoms. The lowest BCUT2D eigenvalue weighted by Gasteiger charge is -2.28. The van der Waals surface area contributed by atoms with Gasteiger partial charge >= 0.3 is 0 Å². The maximum absolute atomic E-state index is 6.11. The van der Waals surface area contributed by atoms with Gasteiger partial charge in [-0.1, -0.05) is 6.92 Å². The summed E-state index contributed by atoms with van der Waals surface area (Å²) >= 11 is 0. The van der Waals surface area contributed by atoms with Gasteiger partial charge in [0.2, 0.25) is 0 Å². The molecule has 2 N–H and O–H groups in total. The van der Waals surface area contributed by atoms with Crippen molar-refractivity contribution in [2.24, 2.45) is 5.73 Å². The van der Waals surface area contributed by atoms with E-state index in [0.29, 0.717) is 6.61 Å². The second-order valence-corrected chi connectivity index (χ2v) is 5.37. The molecule has 0 radical (unpaired) electrons. The number of fused-ring (bicyclic) bond motifs is 3. The van der Waals surface area contributed by atoms with Gasteiger partial charge in [-0.05, 0) is 37.6 Å². The first-order chi connectivity index (χ1) is 9.67. The van der Waals surface area contributed by atoms with Crippen molar-refractivity contribution in [3.05, 3.63) is 30.0 Å². The molecule has 1 aliphatic heterocycles. The highest BCUT2D eigenvalue weighted by molar-refractivity contribution is 5.88. The molecule has 0 aliphatic carbocycles. The summed E-state index contributed by atoms with van der Waals surface area (Å²) in [6.45, 7) is 4.63. The minimum absolute atomic E-state index is 0.0179. The third-order valence-electron chi connectivity index (χ3n) is 3.72. The van der Waals surface area contributed by atoms with E-state index in [1.54, 1.807) is 0 Å². The predicted octanol–water partition coefficient (Wildman–Crippen LogP) is 2.81. The summed E-state index contributed by atoms with van der Waals surface area (Å²) in [5.41, 5.74) is 7.94. The van der Waals surface area contributed by atoms with Crippen LogP contribution in [-0.2, 0) is 0 Å². The number of ether oxygens (including phenoxy) is 2. The largest absolute Gasteiger partial charge is 0.486 e. The van der Waals surface area contributed by atoms with Gasteiger partial charge in [-0.2, -0.15) is 0 Å². The Hall–Kier alpha value is -1.81. The summed E-state index contributed by atoms with van der Waals surface area (Å²) in [7, 11) is 0. The van der Waals surface area contributed by atoms with Crippen LogP contribution in [0.3, 0.4) is 0 Å². The molecule has 0 saturated carbocycles. The van der Waals surface area contributed by atoms with Gasteiger partial charge in [0.15, 0.2) is 11.5 Å². The molecule has 1 aromatic heterocycles. The molecule has 4 heteroatoms. The molecule has 1 aromatic carbocycles. The van der Waals surface area contributed by atoms with Crippen molar-refractivity contribution in [2.45, 2.75) is 38.8 Å². The van der Waals surface area contributed by atoms with Gasteiger partial charge in [-0.25, -0.2) is 0 Å². The van der Waals surface area contributed by atoms with Crippen molar-refractivity contribution in [3.8, 4) is 11.5 Å². The fourth-order valence-electron chi connectivity index (χ4n) is 2.50. The topological polar surface area (TPSA) is 57.4 Å². The summed E-state index contributed by atoms with van der Waals surface area (Å²) in [5, 5.41) is 1.00. The number of hydrogen-bond acceptors (Lipinski definition) is 4. The maximum atomic E-state index is 6.11. The molecule has 4 nitrogen and oxygen atoms in total. The Morgan fingerprint density at radius 3 is 3.00 bits per heavy atom. The molecule has 1 aliphatic rings. The normalized spacial score (nSPS) is 19.1. The van der Waals surface area contributed by atoms with E-state index in [2.05, 4.69) is 11.9 Å². The monoisotopic (exact) mass is 272 g/mol. The van der Waals surface area contributed by atoms with E-state index in [0.717, 1.165) is 40.9 Å². The van der Waals surface area contributed by atoms with Crippen LogP contribution in [0.2, 0.25) is 0 Å². The van der Waals surface area contributed by atoms with Crippen LogP contribution >= 0.6 is 0 Å². The summed E-state index contributed by atoms with van der Waals surface area (Å²) in [5.74, 6) is 1.60. The predicted molar refractivity (Wildman–Crippen MR) is 79.3 cm³/mol. The fraction of sp³-hybridized carbons (Fsp3) is 0.438. The molecule has 106 valence electrons. The van der Waals surface area contributed by atoms with Crippen LogP contribution < -0.4 is 15.2 Å². The summed E-state index contributed by atoms with van der Waals surface area (Å²) in [4.78, 5) is 4.53. The lowest BCUT2D eigenvalue weighted by Crippen LogP contribution is -2.35. The third-order valence-corrected chi connectivity index (χ3v) is 3.72. The van der Waals surface area contributed by atoms with Gasteiger partial charge in [0.05, 0.1) is 5.52 Å². The average molecular weight is 272 g/mol. The van der Waals surface area contributed by atoms with E-state index in [1.165, 1.54) is 0 Å². The highest BCUT2D eigenvalue weighted by Gasteiger charge is 2.24. The molecule has 0 fully saturated rings. The van der Waals surface area contributed by atoms with Gasteiger partial charge in [-0.3, -0.25) is 4.98 Å². The third kappa shape index (κ3) is 2.43. The molecule has 2 heterocycles. The second kappa shape index (κ2) is 5.29. The number of benzene rings is 1. The molecule has 2 aromatic rings. The van der Waals surface area contributed by atoms with E-state index in [-0.39, 0.29) is 12.1 Å². The van der Waals surface area contributed by atoms with Gasteiger partial charge in [0.1, 0.15) is 12.7 Å². The Balaban J connectivity index is 1.94. The first kappa shape index (κ1) is 13.2. The molecule has 20 heavy (non-hydrogen) atoms. The van der Waals surface area contributed by atoms with Crippen molar-refractivity contribution >= 4 is 10.9 Å². The zero-order valence-electron chi connectivity index (χ0n) is 11.9. The van der Waals surface area contributed by atoms with Crippen molar-refractivity contribution in [1.29, 1.82) is 0 Å². The number of hydrogen-bond donors (Lipinski definition) is 1. The van der Waals surface area contributed by atoms with Crippen LogP contribution in [-0.4, -0.2) is 23.7 Å². The highest BCUT2D eigenvalue weighted by atomic mass is 16.6. The van der Waals surface area contributed by atoms with Crippen LogP contribution in [0.5, 0.6) is 11.5 Å². The van der Waals surface area contributed by atoms with Gasteiger partial charge in [0.25, 0.3) is 0 Å². The molecular formula is C16H20N2O2. The summed E-state index contributed by atoms with van der Waals surface area (Å²) in [6.07, 6.45) is 1.78. The fourth-order valence-corrected chi connectivity index (χ4v) is 2.50. The minimum atomic E-state index is 0.0179. The average Bonchev–Trinajstić information content (AvgIpc) is 2.46. The molecular weight excluding hydrogens is 252 g/mol. The zero-order chi connectivity index (χ0) is 14.1. The van der Waals surface area contributed by atoms with Crippen molar-refractivity contribution in [1.82, 2.24) is 4.98 Å². The Labute approximate surface area is 118 Å². The van der Waals surface area contributed by atoms with E-state index >= 15 is 0 Å². The molecule has 2 atom stereocenters. The Bertz CT molecular complexity index is 627. The van der Waals surface area contributed by atoms with Crippen molar-refractivity contribution < 1.29 is 9.47 Å². The number of aryl methyl sites for hydroxylation is 1. The van der Waals surface area contributed by atoms with E-state index in [4.69, 9.17) is 15.2 Å². The van der Waals surface area contributed by atoms with E-state index < -0.39 is 0 Å². The van der Waals surface area contributed by atoms with Crippen LogP contribution in [0.4, 0.5) is 0 Å². The lowest BCUT2D eigenvalue weighted by atomic mass is 10.1. The quantitative estimate of drug-likeness (QED) is 0.933. The number of nitrogens with two attached hydrogens (primary N) is 1. The summed E-state index contributed by atoms with van der Waals surface area (Å²) < 4.78 is 11.9. The van der Waals surface area contributed by atoms with Crippen LogP contribution in [0.15, 0.2) is 24.3 Å². The standard InChI is InChI=1S/C16H20N2O2/c1-3-11(17)8-12-9-19-15-7-6-14-13(16(15)20-12)5-4-10(2)18-14/h4-7,11-12H,3,8-9,17H2,1-2H3/t11?,12-/m0/s1. The number of aromatic nitrogens is 1. The number of rotatable bonds is 3. The summed E-state index contributed by atoms with van der Waals surface area (Å²) in [6, 6.07) is 8.10. The van der Waals surface area contributed by atoms with E-state index in [1.807, 2.05) is 31.2 Å². The Morgan fingerprint density at radius 2 is 2.20 bits per heavy atom. The molecule has 1 unspecified atom stereocenters. The zero-order valence-corrected chi connectivity index (χ0v) is 11.9. The maximum Gasteiger partial charge on any atom is 0.171 e. The van der Waals surface area contributed by atoms with E-state index in [9.17, 15) is 0 Å². The first-order valence-corrected chi connectivity index (χ1v) is 7.12. The highest BCUT2D eigenvalue weighted by Crippen LogP contribution is 2.38. The van der Waals surface area contributed by atoms with Crippen LogP contribution in [0.1, 0.15) is 25.5 Å². The van der Waals surface area contributed by atoms with Crippen LogP contribution in [0, 0.1) is 6.92 Å². The molecule has 0 amide bonds. The van der Waals surface area contributed by atoms with Gasteiger partial charge < -0.3 is 15.2 Å². The SMILES string of the molecule is CCC(N)C[C@H]1COc2ccc3nc(C)ccc3c2O1. The molecule has 0 saturated heterocycles.